The van der Waals surface area contributed by atoms with Crippen LogP contribution in [0, 0.1) is 11.8 Å². The van der Waals surface area contributed by atoms with Crippen molar-refractivity contribution in [1.82, 2.24) is 15.6 Å². The molecule has 0 spiro atoms. The Morgan fingerprint density at radius 3 is 2.35 bits per heavy atom. The van der Waals surface area contributed by atoms with Crippen LogP contribution >= 0.6 is 12.4 Å². The maximum absolute atomic E-state index is 14.0. The van der Waals surface area contributed by atoms with Crippen molar-refractivity contribution in [1.29, 1.82) is 0 Å². The van der Waals surface area contributed by atoms with Crippen LogP contribution in [-0.2, 0) is 27.3 Å². The molecule has 9 nitrogen and oxygen atoms in total. The van der Waals surface area contributed by atoms with E-state index in [9.17, 15) is 14.4 Å². The third kappa shape index (κ3) is 7.95. The van der Waals surface area contributed by atoms with Gasteiger partial charge < -0.3 is 26.2 Å². The van der Waals surface area contributed by atoms with Crippen LogP contribution in [0.5, 0.6) is 0 Å². The number of halogens is 1. The number of rotatable bonds is 12. The van der Waals surface area contributed by atoms with Crippen LogP contribution in [0.4, 0.5) is 11.4 Å². The first-order chi connectivity index (χ1) is 18.6. The topological polar surface area (TPSA) is 121 Å². The molecule has 40 heavy (non-hydrogen) atoms. The number of aromatic nitrogens is 1. The molecule has 3 rings (SSSR count). The minimum Gasteiger partial charge on any atom is -0.370 e. The summed E-state index contributed by atoms with van der Waals surface area (Å²) in [6.45, 7) is 13.8. The highest BCUT2D eigenvalue weighted by Gasteiger charge is 2.37. The summed E-state index contributed by atoms with van der Waals surface area (Å²) in [5, 5.41) is 5.79. The summed E-state index contributed by atoms with van der Waals surface area (Å²) in [5.41, 5.74) is 9.61. The molecule has 3 unspecified atom stereocenters. The number of benzene rings is 1. The highest BCUT2D eigenvalue weighted by molar-refractivity contribution is 6.05. The molecule has 2 aromatic rings. The van der Waals surface area contributed by atoms with Crippen molar-refractivity contribution in [3.05, 3.63) is 53.9 Å². The number of carbonyl (C=O) groups excluding carboxylic acids is 3. The number of nitrogens with zero attached hydrogens (tertiary/aromatic N) is 3. The van der Waals surface area contributed by atoms with Crippen molar-refractivity contribution in [2.45, 2.75) is 79.1 Å². The van der Waals surface area contributed by atoms with Crippen molar-refractivity contribution in [2.75, 3.05) is 22.9 Å². The van der Waals surface area contributed by atoms with Gasteiger partial charge in [-0.15, -0.1) is 12.4 Å². The van der Waals surface area contributed by atoms with E-state index >= 15 is 0 Å². The lowest BCUT2D eigenvalue weighted by Gasteiger charge is -2.38. The first-order valence-corrected chi connectivity index (χ1v) is 14.0. The Kier molecular flexibility index (Phi) is 12.4. The number of carbonyl (C=O) groups is 3. The molecule has 1 aliphatic heterocycles. The zero-order valence-electron chi connectivity index (χ0n) is 24.5. The molecule has 0 bridgehead atoms. The quantitative estimate of drug-likeness (QED) is 0.358. The molecule has 0 aliphatic carbocycles. The van der Waals surface area contributed by atoms with Gasteiger partial charge in [0.15, 0.2) is 0 Å². The average Bonchev–Trinajstić information content (AvgIpc) is 2.91. The van der Waals surface area contributed by atoms with Crippen molar-refractivity contribution >= 4 is 41.5 Å². The Hall–Kier alpha value is -3.17. The van der Waals surface area contributed by atoms with E-state index < -0.39 is 18.1 Å². The largest absolute Gasteiger partial charge is 0.370 e. The number of nitrogens with one attached hydrogen (secondary N) is 2. The van der Waals surface area contributed by atoms with E-state index in [0.717, 1.165) is 35.7 Å². The van der Waals surface area contributed by atoms with Crippen LogP contribution in [0.25, 0.3) is 0 Å². The maximum atomic E-state index is 14.0. The second-order valence-corrected chi connectivity index (χ2v) is 10.9. The number of amides is 3. The SMILES string of the molecule is CCN(CC)c1cccc2c1N(Cc1ccccn1)C(=O)C(NC(=O)C(CC(C)C)NC(=O)C(N)C(C)C)C2.Cl. The van der Waals surface area contributed by atoms with E-state index in [1.54, 1.807) is 11.1 Å². The molecule has 1 aliphatic rings. The van der Waals surface area contributed by atoms with Gasteiger partial charge in [-0.3, -0.25) is 19.4 Å². The summed E-state index contributed by atoms with van der Waals surface area (Å²) in [5.74, 6) is -0.866. The van der Waals surface area contributed by atoms with E-state index in [1.165, 1.54) is 0 Å². The third-order valence-electron chi connectivity index (χ3n) is 7.18. The standard InChI is InChI=1S/C30H44N6O3.ClH/c1-7-35(8-2)25-14-11-12-21-17-24(30(39)36(27(21)25)18-22-13-9-10-15-32-22)34-28(37)23(16-19(3)4)33-29(38)26(31)20(5)6;/h9-15,19-20,23-24,26H,7-8,16-18,31H2,1-6H3,(H,33,38)(H,34,37);1H. The lowest BCUT2D eigenvalue weighted by molar-refractivity contribution is -0.132. The summed E-state index contributed by atoms with van der Waals surface area (Å²) in [7, 11) is 0. The number of fused-ring (bicyclic) bond motifs is 1. The molecular weight excluding hydrogens is 528 g/mol. The predicted molar refractivity (Wildman–Crippen MR) is 163 cm³/mol. The summed E-state index contributed by atoms with van der Waals surface area (Å²) in [4.78, 5) is 48.6. The van der Waals surface area contributed by atoms with Gasteiger partial charge in [0.05, 0.1) is 29.7 Å². The zero-order chi connectivity index (χ0) is 28.7. The molecule has 1 aromatic carbocycles. The monoisotopic (exact) mass is 572 g/mol. The van der Waals surface area contributed by atoms with E-state index in [0.29, 0.717) is 12.8 Å². The molecule has 0 radical (unpaired) electrons. The minimum atomic E-state index is -0.789. The van der Waals surface area contributed by atoms with Crippen LogP contribution in [0.3, 0.4) is 0 Å². The van der Waals surface area contributed by atoms with Gasteiger partial charge in [-0.1, -0.05) is 45.9 Å². The molecule has 0 fully saturated rings. The Bertz CT molecular complexity index is 1140. The van der Waals surface area contributed by atoms with Crippen molar-refractivity contribution in [3.63, 3.8) is 0 Å². The molecule has 2 heterocycles. The fraction of sp³-hybridized carbons (Fsp3) is 0.533. The molecule has 10 heteroatoms. The Morgan fingerprint density at radius 1 is 1.07 bits per heavy atom. The Labute approximate surface area is 244 Å². The van der Waals surface area contributed by atoms with Crippen molar-refractivity contribution in [2.24, 2.45) is 17.6 Å². The van der Waals surface area contributed by atoms with Gasteiger partial charge in [-0.25, -0.2) is 0 Å². The van der Waals surface area contributed by atoms with Gasteiger partial charge in [0.25, 0.3) is 0 Å². The van der Waals surface area contributed by atoms with E-state index in [-0.39, 0.29) is 48.5 Å². The number of pyridine rings is 1. The summed E-state index contributed by atoms with van der Waals surface area (Å²) in [6, 6.07) is 9.39. The first-order valence-electron chi connectivity index (χ1n) is 14.0. The van der Waals surface area contributed by atoms with Crippen LogP contribution in [0.2, 0.25) is 0 Å². The van der Waals surface area contributed by atoms with Gasteiger partial charge in [-0.05, 0) is 55.9 Å². The molecule has 220 valence electrons. The lowest BCUT2D eigenvalue weighted by atomic mass is 9.94. The van der Waals surface area contributed by atoms with E-state index in [1.807, 2.05) is 64.1 Å². The molecule has 3 amide bonds. The van der Waals surface area contributed by atoms with Crippen LogP contribution in [-0.4, -0.2) is 53.9 Å². The van der Waals surface area contributed by atoms with E-state index in [4.69, 9.17) is 5.73 Å². The Morgan fingerprint density at radius 2 is 1.77 bits per heavy atom. The molecule has 1 aromatic heterocycles. The molecule has 4 N–H and O–H groups in total. The lowest BCUT2D eigenvalue weighted by Crippen LogP contribution is -2.58. The van der Waals surface area contributed by atoms with Gasteiger partial charge in [-0.2, -0.15) is 0 Å². The predicted octanol–water partition coefficient (Wildman–Crippen LogP) is 3.44. The zero-order valence-corrected chi connectivity index (χ0v) is 25.3. The smallest absolute Gasteiger partial charge is 0.250 e. The number of para-hydroxylation sites is 1. The number of hydrogen-bond donors (Lipinski definition) is 3. The third-order valence-corrected chi connectivity index (χ3v) is 7.18. The fourth-order valence-corrected chi connectivity index (χ4v) is 4.95. The second kappa shape index (κ2) is 15.0. The summed E-state index contributed by atoms with van der Waals surface area (Å²) in [6.07, 6.45) is 2.51. The van der Waals surface area contributed by atoms with Gasteiger partial charge in [0.1, 0.15) is 12.1 Å². The van der Waals surface area contributed by atoms with Crippen LogP contribution in [0.1, 0.15) is 59.2 Å². The van der Waals surface area contributed by atoms with Crippen molar-refractivity contribution in [3.8, 4) is 0 Å². The normalized spacial score (nSPS) is 16.2. The summed E-state index contributed by atoms with van der Waals surface area (Å²) >= 11 is 0. The van der Waals surface area contributed by atoms with E-state index in [2.05, 4.69) is 34.4 Å². The van der Waals surface area contributed by atoms with Crippen LogP contribution < -0.4 is 26.2 Å². The highest BCUT2D eigenvalue weighted by atomic mass is 35.5. The molecule has 0 saturated carbocycles. The first kappa shape index (κ1) is 33.0. The second-order valence-electron chi connectivity index (χ2n) is 10.9. The number of nitrogens with two attached hydrogens (primary N) is 1. The highest BCUT2D eigenvalue weighted by Crippen LogP contribution is 2.38. The minimum absolute atomic E-state index is 0. The fourth-order valence-electron chi connectivity index (χ4n) is 4.95. The molecular formula is C30H45ClN6O3. The molecule has 3 atom stereocenters. The van der Waals surface area contributed by atoms with Crippen LogP contribution in [0.15, 0.2) is 42.6 Å². The van der Waals surface area contributed by atoms with Crippen molar-refractivity contribution < 1.29 is 14.4 Å². The Balaban J connectivity index is 0.00000560. The molecule has 0 saturated heterocycles. The van der Waals surface area contributed by atoms with Gasteiger partial charge >= 0.3 is 0 Å². The average molecular weight is 573 g/mol. The van der Waals surface area contributed by atoms with Gasteiger partial charge in [0, 0.05) is 25.7 Å². The number of anilines is 2. The number of hydrogen-bond acceptors (Lipinski definition) is 6. The van der Waals surface area contributed by atoms with Gasteiger partial charge in [0.2, 0.25) is 17.7 Å². The summed E-state index contributed by atoms with van der Waals surface area (Å²) < 4.78 is 0. The maximum Gasteiger partial charge on any atom is 0.250 e.